The predicted octanol–water partition coefficient (Wildman–Crippen LogP) is 4.16. The zero-order valence-corrected chi connectivity index (χ0v) is 19.1. The van der Waals surface area contributed by atoms with E-state index in [0.29, 0.717) is 35.1 Å². The Labute approximate surface area is 196 Å². The fourth-order valence-corrected chi connectivity index (χ4v) is 4.22. The first-order chi connectivity index (χ1) is 16.5. The molecule has 0 amide bonds. The van der Waals surface area contributed by atoms with Crippen LogP contribution in [-0.4, -0.2) is 39.6 Å². The lowest BCUT2D eigenvalue weighted by atomic mass is 10.0. The molecule has 0 spiro atoms. The van der Waals surface area contributed by atoms with E-state index in [4.69, 9.17) is 9.97 Å². The molecular formula is C25H20N6O2S. The Morgan fingerprint density at radius 3 is 2.41 bits per heavy atom. The van der Waals surface area contributed by atoms with Gasteiger partial charge in [0.05, 0.1) is 22.3 Å². The van der Waals surface area contributed by atoms with E-state index in [1.54, 1.807) is 24.7 Å². The second kappa shape index (κ2) is 8.95. The molecule has 0 aliphatic rings. The second-order valence-electron chi connectivity index (χ2n) is 7.66. The first-order valence-corrected chi connectivity index (χ1v) is 12.4. The number of nitrogens with one attached hydrogen (secondary N) is 1. The molecule has 0 aliphatic carbocycles. The van der Waals surface area contributed by atoms with Gasteiger partial charge in [0, 0.05) is 36.6 Å². The van der Waals surface area contributed by atoms with E-state index in [2.05, 4.69) is 20.3 Å². The third-order valence-corrected chi connectivity index (χ3v) is 6.32. The molecule has 0 atom stereocenters. The number of benzene rings is 2. The van der Waals surface area contributed by atoms with Crippen molar-refractivity contribution in [3.63, 3.8) is 0 Å². The van der Waals surface area contributed by atoms with Gasteiger partial charge in [0.1, 0.15) is 11.6 Å². The van der Waals surface area contributed by atoms with E-state index < -0.39 is 9.84 Å². The Hall–Kier alpha value is -4.24. The molecule has 2 aromatic carbocycles. The summed E-state index contributed by atoms with van der Waals surface area (Å²) in [7, 11) is -3.43. The zero-order chi connectivity index (χ0) is 23.5. The lowest BCUT2D eigenvalue weighted by Crippen LogP contribution is -2.07. The van der Waals surface area contributed by atoms with Crippen molar-refractivity contribution < 1.29 is 8.42 Å². The topological polar surface area (TPSA) is 111 Å². The van der Waals surface area contributed by atoms with E-state index >= 15 is 0 Å². The van der Waals surface area contributed by atoms with Crippen molar-refractivity contribution >= 4 is 26.6 Å². The highest BCUT2D eigenvalue weighted by atomic mass is 32.2. The lowest BCUT2D eigenvalue weighted by molar-refractivity contribution is 0.601. The summed E-state index contributed by atoms with van der Waals surface area (Å²) in [6.07, 6.45) is 7.39. The van der Waals surface area contributed by atoms with Gasteiger partial charge in [-0.05, 0) is 29.3 Å². The third-order valence-electron chi connectivity index (χ3n) is 5.24. The van der Waals surface area contributed by atoms with Crippen molar-refractivity contribution in [2.24, 2.45) is 0 Å². The molecule has 0 unspecified atom stereocenters. The molecule has 34 heavy (non-hydrogen) atoms. The van der Waals surface area contributed by atoms with Crippen molar-refractivity contribution in [2.75, 3.05) is 11.6 Å². The first-order valence-electron chi connectivity index (χ1n) is 10.5. The van der Waals surface area contributed by atoms with E-state index in [1.807, 2.05) is 48.5 Å². The van der Waals surface area contributed by atoms with Gasteiger partial charge in [0.25, 0.3) is 0 Å². The predicted molar refractivity (Wildman–Crippen MR) is 131 cm³/mol. The minimum atomic E-state index is -3.43. The molecule has 5 aromatic rings. The molecule has 3 aromatic heterocycles. The SMILES string of the molecule is CS(=O)(=O)c1cncc(-c2nc(NCc3ncccn3)c3c(-c4ccccc4)cccc3n2)c1. The zero-order valence-electron chi connectivity index (χ0n) is 18.3. The van der Waals surface area contributed by atoms with Crippen LogP contribution in [0.3, 0.4) is 0 Å². The highest BCUT2D eigenvalue weighted by molar-refractivity contribution is 7.90. The summed E-state index contributed by atoms with van der Waals surface area (Å²) in [5, 5.41) is 4.20. The van der Waals surface area contributed by atoms with Crippen molar-refractivity contribution in [3.8, 4) is 22.5 Å². The third kappa shape index (κ3) is 4.46. The van der Waals surface area contributed by atoms with Crippen LogP contribution in [0.15, 0.2) is 90.3 Å². The van der Waals surface area contributed by atoms with E-state index in [-0.39, 0.29) is 4.90 Å². The fraction of sp³-hybridized carbons (Fsp3) is 0.0800. The molecule has 0 saturated heterocycles. The van der Waals surface area contributed by atoms with Gasteiger partial charge < -0.3 is 5.32 Å². The van der Waals surface area contributed by atoms with E-state index in [1.165, 1.54) is 12.3 Å². The standard InChI is InChI=1S/C25H20N6O2S/c1-34(32,33)19-13-18(14-26-15-19)24-30-21-10-5-9-20(17-7-3-2-4-8-17)23(21)25(31-24)29-16-22-27-11-6-12-28-22/h2-15H,16H2,1H3,(H,29,30,31). The largest absolute Gasteiger partial charge is 0.362 e. The van der Waals surface area contributed by atoms with Crippen LogP contribution in [0.25, 0.3) is 33.4 Å². The fourth-order valence-electron chi connectivity index (χ4n) is 3.63. The molecule has 9 heteroatoms. The second-order valence-corrected chi connectivity index (χ2v) is 9.68. The summed E-state index contributed by atoms with van der Waals surface area (Å²) >= 11 is 0. The van der Waals surface area contributed by atoms with Gasteiger partial charge >= 0.3 is 0 Å². The van der Waals surface area contributed by atoms with Crippen molar-refractivity contribution in [1.82, 2.24) is 24.9 Å². The van der Waals surface area contributed by atoms with Crippen LogP contribution in [-0.2, 0) is 16.4 Å². The van der Waals surface area contributed by atoms with Gasteiger partial charge in [0.2, 0.25) is 0 Å². The molecule has 1 N–H and O–H groups in total. The number of rotatable bonds is 6. The minimum absolute atomic E-state index is 0.110. The molecule has 0 fully saturated rings. The van der Waals surface area contributed by atoms with Crippen LogP contribution in [0.5, 0.6) is 0 Å². The number of sulfone groups is 1. The Bertz CT molecular complexity index is 1580. The Balaban J connectivity index is 1.69. The van der Waals surface area contributed by atoms with Crippen LogP contribution < -0.4 is 5.32 Å². The van der Waals surface area contributed by atoms with Gasteiger partial charge in [-0.25, -0.2) is 28.4 Å². The quantitative estimate of drug-likeness (QED) is 0.395. The van der Waals surface area contributed by atoms with E-state index in [0.717, 1.165) is 22.8 Å². The van der Waals surface area contributed by atoms with Crippen LogP contribution in [0.2, 0.25) is 0 Å². The van der Waals surface area contributed by atoms with Gasteiger partial charge in [-0.15, -0.1) is 0 Å². The Morgan fingerprint density at radius 2 is 1.65 bits per heavy atom. The maximum Gasteiger partial charge on any atom is 0.177 e. The summed E-state index contributed by atoms with van der Waals surface area (Å²) < 4.78 is 24.1. The smallest absolute Gasteiger partial charge is 0.177 e. The lowest BCUT2D eigenvalue weighted by Gasteiger charge is -2.14. The van der Waals surface area contributed by atoms with Crippen molar-refractivity contribution in [3.05, 3.63) is 91.3 Å². The van der Waals surface area contributed by atoms with Crippen molar-refractivity contribution in [1.29, 1.82) is 0 Å². The molecule has 8 nitrogen and oxygen atoms in total. The number of fused-ring (bicyclic) bond motifs is 1. The molecule has 0 radical (unpaired) electrons. The molecule has 168 valence electrons. The molecular weight excluding hydrogens is 448 g/mol. The first kappa shape index (κ1) is 21.6. The number of pyridine rings is 1. The average molecular weight is 469 g/mol. The monoisotopic (exact) mass is 468 g/mol. The normalized spacial score (nSPS) is 11.4. The van der Waals surface area contributed by atoms with Gasteiger partial charge in [-0.3, -0.25) is 4.98 Å². The highest BCUT2D eigenvalue weighted by Gasteiger charge is 2.16. The summed E-state index contributed by atoms with van der Waals surface area (Å²) in [6.45, 7) is 0.358. The molecule has 5 rings (SSSR count). The number of anilines is 1. The molecule has 0 saturated carbocycles. The maximum atomic E-state index is 12.0. The number of hydrogen-bond acceptors (Lipinski definition) is 8. The molecule has 0 bridgehead atoms. The van der Waals surface area contributed by atoms with Gasteiger partial charge in [-0.2, -0.15) is 0 Å². The van der Waals surface area contributed by atoms with Gasteiger partial charge in [0.15, 0.2) is 15.7 Å². The number of aromatic nitrogens is 5. The maximum absolute atomic E-state index is 12.0. The molecule has 0 aliphatic heterocycles. The summed E-state index contributed by atoms with van der Waals surface area (Å²) in [6, 6.07) is 19.2. The van der Waals surface area contributed by atoms with Crippen LogP contribution in [0, 0.1) is 0 Å². The minimum Gasteiger partial charge on any atom is -0.362 e. The Morgan fingerprint density at radius 1 is 0.853 bits per heavy atom. The summed E-state index contributed by atoms with van der Waals surface area (Å²) in [4.78, 5) is 22.3. The van der Waals surface area contributed by atoms with Crippen molar-refractivity contribution in [2.45, 2.75) is 11.4 Å². The molecule has 3 heterocycles. The average Bonchev–Trinajstić information content (AvgIpc) is 2.87. The van der Waals surface area contributed by atoms with Crippen LogP contribution in [0.1, 0.15) is 5.82 Å². The van der Waals surface area contributed by atoms with Crippen LogP contribution >= 0.6 is 0 Å². The van der Waals surface area contributed by atoms with Gasteiger partial charge in [-0.1, -0.05) is 42.5 Å². The Kier molecular flexibility index (Phi) is 5.69. The van der Waals surface area contributed by atoms with E-state index in [9.17, 15) is 8.42 Å². The summed E-state index contributed by atoms with van der Waals surface area (Å²) in [5.74, 6) is 1.58. The van der Waals surface area contributed by atoms with Crippen LogP contribution in [0.4, 0.5) is 5.82 Å². The number of hydrogen-bond donors (Lipinski definition) is 1. The summed E-state index contributed by atoms with van der Waals surface area (Å²) in [5.41, 5.74) is 3.23. The number of nitrogens with zero attached hydrogens (tertiary/aromatic N) is 5. The highest BCUT2D eigenvalue weighted by Crippen LogP contribution is 2.34.